The minimum Gasteiger partial charge on any atom is -0.360 e. The number of nitrogens with one attached hydrogen (secondary N) is 1. The van der Waals surface area contributed by atoms with Gasteiger partial charge < -0.3 is 5.32 Å². The molecular weight excluding hydrogens is 324 g/mol. The summed E-state index contributed by atoms with van der Waals surface area (Å²) in [7, 11) is 0. The van der Waals surface area contributed by atoms with Gasteiger partial charge in [0.1, 0.15) is 5.82 Å². The molecule has 0 aliphatic heterocycles. The highest BCUT2D eigenvalue weighted by Gasteiger charge is 2.27. The summed E-state index contributed by atoms with van der Waals surface area (Å²) in [6, 6.07) is 8.67. The monoisotopic (exact) mass is 342 g/mol. The number of hydrogen-bond donors (Lipinski definition) is 1. The average Bonchev–Trinajstić information content (AvgIpc) is 3.16. The molecule has 2 aromatic heterocycles. The molecule has 0 saturated heterocycles. The third kappa shape index (κ3) is 3.59. The van der Waals surface area contributed by atoms with E-state index < -0.39 is 0 Å². The Morgan fingerprint density at radius 3 is 2.70 bits per heavy atom. The first-order valence-corrected chi connectivity index (χ1v) is 9.52. The summed E-state index contributed by atoms with van der Waals surface area (Å²) in [4.78, 5) is 9.08. The Hall–Kier alpha value is -1.79. The van der Waals surface area contributed by atoms with Crippen molar-refractivity contribution in [3.8, 4) is 11.3 Å². The Kier molecular flexibility index (Phi) is 4.10. The van der Waals surface area contributed by atoms with Gasteiger partial charge in [0.2, 0.25) is 5.13 Å². The van der Waals surface area contributed by atoms with E-state index in [4.69, 9.17) is 0 Å². The molecule has 4 nitrogen and oxygen atoms in total. The smallest absolute Gasteiger partial charge is 0.202 e. The molecule has 0 spiro atoms. The van der Waals surface area contributed by atoms with Gasteiger partial charge in [-0.15, -0.1) is 11.3 Å². The van der Waals surface area contributed by atoms with Crippen molar-refractivity contribution in [1.82, 2.24) is 14.3 Å². The van der Waals surface area contributed by atoms with Crippen molar-refractivity contribution in [2.24, 2.45) is 0 Å². The SMILES string of the molecule is Cc1nc(-c2ccc(CCNc3nc(C4CC4)ns3)cc2)cs1. The first kappa shape index (κ1) is 14.8. The van der Waals surface area contributed by atoms with Gasteiger partial charge in [-0.2, -0.15) is 4.37 Å². The van der Waals surface area contributed by atoms with Crippen molar-refractivity contribution in [1.29, 1.82) is 0 Å². The fourth-order valence-corrected chi connectivity index (χ4v) is 3.76. The fourth-order valence-electron chi connectivity index (χ4n) is 2.47. The molecule has 0 unspecified atom stereocenters. The number of rotatable bonds is 6. The van der Waals surface area contributed by atoms with Crippen LogP contribution in [0.25, 0.3) is 11.3 Å². The van der Waals surface area contributed by atoms with Gasteiger partial charge in [0.25, 0.3) is 0 Å². The van der Waals surface area contributed by atoms with E-state index in [1.165, 1.54) is 35.5 Å². The molecule has 1 fully saturated rings. The molecule has 0 atom stereocenters. The van der Waals surface area contributed by atoms with Crippen LogP contribution in [-0.4, -0.2) is 20.9 Å². The highest BCUT2D eigenvalue weighted by atomic mass is 32.1. The summed E-state index contributed by atoms with van der Waals surface area (Å²) in [5.41, 5.74) is 3.57. The Balaban J connectivity index is 1.31. The molecule has 1 aromatic carbocycles. The van der Waals surface area contributed by atoms with E-state index in [0.29, 0.717) is 5.92 Å². The molecule has 118 valence electrons. The normalized spacial score (nSPS) is 14.1. The van der Waals surface area contributed by atoms with Gasteiger partial charge in [0.15, 0.2) is 0 Å². The minimum atomic E-state index is 0.628. The third-order valence-electron chi connectivity index (χ3n) is 3.94. The Morgan fingerprint density at radius 1 is 1.17 bits per heavy atom. The zero-order valence-electron chi connectivity index (χ0n) is 13.0. The standard InChI is InChI=1S/C17H18N4S2/c1-11-19-15(10-22-11)13-4-2-12(3-5-13)8-9-18-17-20-16(21-23-17)14-6-7-14/h2-5,10,14H,6-9H2,1H3,(H,18,20,21). The topological polar surface area (TPSA) is 50.7 Å². The highest BCUT2D eigenvalue weighted by Crippen LogP contribution is 2.39. The van der Waals surface area contributed by atoms with Gasteiger partial charge >= 0.3 is 0 Å². The molecule has 1 aliphatic carbocycles. The molecule has 0 bridgehead atoms. The molecule has 23 heavy (non-hydrogen) atoms. The molecule has 3 aromatic rings. The number of aryl methyl sites for hydroxylation is 1. The second-order valence-corrected chi connectivity index (χ2v) is 7.67. The van der Waals surface area contributed by atoms with Crippen LogP contribution in [0.1, 0.15) is 35.2 Å². The quantitative estimate of drug-likeness (QED) is 0.716. The lowest BCUT2D eigenvalue weighted by Crippen LogP contribution is -2.04. The zero-order valence-corrected chi connectivity index (χ0v) is 14.6. The third-order valence-corrected chi connectivity index (χ3v) is 5.40. The second kappa shape index (κ2) is 6.37. The first-order valence-electron chi connectivity index (χ1n) is 7.87. The molecule has 2 heterocycles. The molecule has 1 saturated carbocycles. The van der Waals surface area contributed by atoms with Crippen LogP contribution in [0.2, 0.25) is 0 Å². The van der Waals surface area contributed by atoms with Gasteiger partial charge in [-0.25, -0.2) is 9.97 Å². The first-order chi connectivity index (χ1) is 11.3. The molecule has 1 N–H and O–H groups in total. The van der Waals surface area contributed by atoms with Crippen molar-refractivity contribution >= 4 is 28.0 Å². The van der Waals surface area contributed by atoms with Crippen LogP contribution >= 0.6 is 22.9 Å². The van der Waals surface area contributed by atoms with Crippen LogP contribution in [-0.2, 0) is 6.42 Å². The molecule has 6 heteroatoms. The lowest BCUT2D eigenvalue weighted by molar-refractivity contribution is 0.969. The van der Waals surface area contributed by atoms with E-state index >= 15 is 0 Å². The summed E-state index contributed by atoms with van der Waals surface area (Å²) >= 11 is 3.17. The Morgan fingerprint density at radius 2 is 2.00 bits per heavy atom. The lowest BCUT2D eigenvalue weighted by atomic mass is 10.1. The van der Waals surface area contributed by atoms with Crippen LogP contribution in [0.15, 0.2) is 29.6 Å². The van der Waals surface area contributed by atoms with Crippen LogP contribution in [0.3, 0.4) is 0 Å². The maximum Gasteiger partial charge on any atom is 0.202 e. The second-order valence-electron chi connectivity index (χ2n) is 5.86. The predicted molar refractivity (Wildman–Crippen MR) is 96.4 cm³/mol. The van der Waals surface area contributed by atoms with Crippen LogP contribution in [0.4, 0.5) is 5.13 Å². The van der Waals surface area contributed by atoms with E-state index in [1.54, 1.807) is 11.3 Å². The van der Waals surface area contributed by atoms with Gasteiger partial charge in [-0.3, -0.25) is 0 Å². The van der Waals surface area contributed by atoms with Crippen molar-refractivity contribution in [2.75, 3.05) is 11.9 Å². The largest absolute Gasteiger partial charge is 0.360 e. The Labute approximate surface area is 143 Å². The number of benzene rings is 1. The van der Waals surface area contributed by atoms with Gasteiger partial charge in [0, 0.05) is 34.9 Å². The highest BCUT2D eigenvalue weighted by molar-refractivity contribution is 7.10. The van der Waals surface area contributed by atoms with Crippen molar-refractivity contribution < 1.29 is 0 Å². The van der Waals surface area contributed by atoms with Crippen LogP contribution in [0.5, 0.6) is 0 Å². The maximum absolute atomic E-state index is 4.55. The molecular formula is C17H18N4S2. The molecule has 0 amide bonds. The van der Waals surface area contributed by atoms with E-state index in [9.17, 15) is 0 Å². The summed E-state index contributed by atoms with van der Waals surface area (Å²) in [6.07, 6.45) is 3.48. The van der Waals surface area contributed by atoms with E-state index in [0.717, 1.165) is 34.6 Å². The van der Waals surface area contributed by atoms with E-state index in [1.807, 2.05) is 6.92 Å². The molecule has 4 rings (SSSR count). The summed E-state index contributed by atoms with van der Waals surface area (Å²) in [6.45, 7) is 2.92. The maximum atomic E-state index is 4.55. The minimum absolute atomic E-state index is 0.628. The zero-order chi connectivity index (χ0) is 15.6. The lowest BCUT2D eigenvalue weighted by Gasteiger charge is -2.04. The van der Waals surface area contributed by atoms with Crippen LogP contribution < -0.4 is 5.32 Å². The van der Waals surface area contributed by atoms with E-state index in [2.05, 4.69) is 49.3 Å². The number of nitrogens with zero attached hydrogens (tertiary/aromatic N) is 3. The average molecular weight is 342 g/mol. The summed E-state index contributed by atoms with van der Waals surface area (Å²) in [5.74, 6) is 1.66. The van der Waals surface area contributed by atoms with E-state index in [-0.39, 0.29) is 0 Å². The van der Waals surface area contributed by atoms with Gasteiger partial charge in [0.05, 0.1) is 10.7 Å². The van der Waals surface area contributed by atoms with Crippen molar-refractivity contribution in [2.45, 2.75) is 32.1 Å². The number of anilines is 1. The Bertz CT molecular complexity index is 787. The van der Waals surface area contributed by atoms with Crippen molar-refractivity contribution in [3.63, 3.8) is 0 Å². The number of hydrogen-bond acceptors (Lipinski definition) is 6. The van der Waals surface area contributed by atoms with Crippen LogP contribution in [0, 0.1) is 6.92 Å². The summed E-state index contributed by atoms with van der Waals surface area (Å²) in [5, 5.41) is 7.54. The van der Waals surface area contributed by atoms with Crippen molar-refractivity contribution in [3.05, 3.63) is 46.0 Å². The number of aromatic nitrogens is 3. The van der Waals surface area contributed by atoms with Gasteiger partial charge in [-0.1, -0.05) is 24.3 Å². The van der Waals surface area contributed by atoms with Gasteiger partial charge in [-0.05, 0) is 31.7 Å². The predicted octanol–water partition coefficient (Wildman–Crippen LogP) is 4.50. The molecule has 0 radical (unpaired) electrons. The fraction of sp³-hybridized carbons (Fsp3) is 0.353. The summed E-state index contributed by atoms with van der Waals surface area (Å²) < 4.78 is 4.41. The molecule has 1 aliphatic rings. The number of thiazole rings is 1.